The lowest BCUT2D eigenvalue weighted by atomic mass is 10.2. The Kier molecular flexibility index (Phi) is 5.51. The Morgan fingerprint density at radius 1 is 1.04 bits per heavy atom. The van der Waals surface area contributed by atoms with Crippen LogP contribution in [0.3, 0.4) is 0 Å². The van der Waals surface area contributed by atoms with Gasteiger partial charge in [0.1, 0.15) is 0 Å². The van der Waals surface area contributed by atoms with Crippen molar-refractivity contribution in [3.8, 4) is 0 Å². The van der Waals surface area contributed by atoms with E-state index in [-0.39, 0.29) is 11.8 Å². The van der Waals surface area contributed by atoms with Gasteiger partial charge in [-0.15, -0.1) is 11.3 Å². The van der Waals surface area contributed by atoms with Gasteiger partial charge >= 0.3 is 0 Å². The van der Waals surface area contributed by atoms with E-state index in [2.05, 4.69) is 18.4 Å². The standard InChI is InChI=1S/C20H27N3O2S/c1-14(2)23-15(3)13-17(16(23)4)19(24)21-8-6-9-22(11-10-21)20(25)18-7-5-12-26-18/h5,7,12-14H,6,8-11H2,1-4H3. The zero-order valence-corrected chi connectivity index (χ0v) is 16.8. The Labute approximate surface area is 159 Å². The highest BCUT2D eigenvalue weighted by Gasteiger charge is 2.26. The number of aromatic nitrogens is 1. The third kappa shape index (κ3) is 3.56. The third-order valence-electron chi connectivity index (χ3n) is 5.03. The highest BCUT2D eigenvalue weighted by molar-refractivity contribution is 7.12. The van der Waals surface area contributed by atoms with E-state index in [0.717, 1.165) is 28.2 Å². The van der Waals surface area contributed by atoms with Crippen LogP contribution < -0.4 is 0 Å². The number of rotatable bonds is 3. The van der Waals surface area contributed by atoms with Gasteiger partial charge in [0.2, 0.25) is 0 Å². The van der Waals surface area contributed by atoms with Gasteiger partial charge in [0.25, 0.3) is 11.8 Å². The monoisotopic (exact) mass is 373 g/mol. The molecule has 2 amide bonds. The maximum Gasteiger partial charge on any atom is 0.263 e. The molecular weight excluding hydrogens is 346 g/mol. The molecule has 0 N–H and O–H groups in total. The van der Waals surface area contributed by atoms with Gasteiger partial charge in [-0.25, -0.2) is 0 Å². The van der Waals surface area contributed by atoms with E-state index in [4.69, 9.17) is 0 Å². The van der Waals surface area contributed by atoms with Crippen molar-refractivity contribution in [3.05, 3.63) is 45.4 Å². The summed E-state index contributed by atoms with van der Waals surface area (Å²) in [5.74, 6) is 0.155. The van der Waals surface area contributed by atoms with Gasteiger partial charge in [-0.2, -0.15) is 0 Å². The first-order chi connectivity index (χ1) is 12.4. The number of nitrogens with zero attached hydrogens (tertiary/aromatic N) is 3. The molecule has 3 rings (SSSR count). The summed E-state index contributed by atoms with van der Waals surface area (Å²) in [5.41, 5.74) is 2.93. The fourth-order valence-electron chi connectivity index (χ4n) is 3.84. The Morgan fingerprint density at radius 3 is 2.23 bits per heavy atom. The van der Waals surface area contributed by atoms with E-state index >= 15 is 0 Å². The normalized spacial score (nSPS) is 15.4. The minimum atomic E-state index is 0.0762. The Hall–Kier alpha value is -2.08. The highest BCUT2D eigenvalue weighted by Crippen LogP contribution is 2.22. The van der Waals surface area contributed by atoms with Gasteiger partial charge in [0, 0.05) is 43.6 Å². The molecule has 140 valence electrons. The molecule has 26 heavy (non-hydrogen) atoms. The van der Waals surface area contributed by atoms with Crippen molar-refractivity contribution < 1.29 is 9.59 Å². The smallest absolute Gasteiger partial charge is 0.263 e. The average molecular weight is 374 g/mol. The Balaban J connectivity index is 1.72. The van der Waals surface area contributed by atoms with Crippen LogP contribution in [0.1, 0.15) is 57.7 Å². The molecule has 2 aromatic heterocycles. The van der Waals surface area contributed by atoms with Crippen LogP contribution in [0.25, 0.3) is 0 Å². The number of hydrogen-bond donors (Lipinski definition) is 0. The number of thiophene rings is 1. The number of aryl methyl sites for hydroxylation is 1. The van der Waals surface area contributed by atoms with Crippen LogP contribution in [-0.4, -0.2) is 52.4 Å². The first-order valence-electron chi connectivity index (χ1n) is 9.20. The van der Waals surface area contributed by atoms with Crippen LogP contribution in [0.15, 0.2) is 23.6 Å². The predicted molar refractivity (Wildman–Crippen MR) is 105 cm³/mol. The maximum atomic E-state index is 13.1. The van der Waals surface area contributed by atoms with E-state index in [9.17, 15) is 9.59 Å². The first kappa shape index (κ1) is 18.7. The molecule has 1 saturated heterocycles. The van der Waals surface area contributed by atoms with Gasteiger partial charge < -0.3 is 14.4 Å². The summed E-state index contributed by atoms with van der Waals surface area (Å²) in [5, 5.41) is 1.92. The van der Waals surface area contributed by atoms with Gasteiger partial charge in [0.15, 0.2) is 0 Å². The molecule has 0 bridgehead atoms. The molecule has 0 atom stereocenters. The molecule has 0 aliphatic carbocycles. The van der Waals surface area contributed by atoms with Crippen LogP contribution in [0.5, 0.6) is 0 Å². The fourth-order valence-corrected chi connectivity index (χ4v) is 4.53. The SMILES string of the molecule is Cc1cc(C(=O)N2CCCN(C(=O)c3cccs3)CC2)c(C)n1C(C)C. The average Bonchev–Trinajstić information content (AvgIpc) is 3.15. The lowest BCUT2D eigenvalue weighted by molar-refractivity contribution is 0.0720. The topological polar surface area (TPSA) is 45.6 Å². The molecule has 5 nitrogen and oxygen atoms in total. The fraction of sp³-hybridized carbons (Fsp3) is 0.500. The molecule has 3 heterocycles. The summed E-state index contributed by atoms with van der Waals surface area (Å²) < 4.78 is 2.21. The van der Waals surface area contributed by atoms with E-state index in [1.54, 1.807) is 0 Å². The molecule has 2 aromatic rings. The minimum Gasteiger partial charge on any atom is -0.346 e. The molecular formula is C20H27N3O2S. The van der Waals surface area contributed by atoms with Crippen LogP contribution in [-0.2, 0) is 0 Å². The van der Waals surface area contributed by atoms with Crippen molar-refractivity contribution in [1.29, 1.82) is 0 Å². The van der Waals surface area contributed by atoms with Crippen LogP contribution in [0.4, 0.5) is 0 Å². The summed E-state index contributed by atoms with van der Waals surface area (Å²) in [6.07, 6.45) is 0.811. The third-order valence-corrected chi connectivity index (χ3v) is 5.89. The maximum absolute atomic E-state index is 13.1. The molecule has 0 saturated carbocycles. The largest absolute Gasteiger partial charge is 0.346 e. The van der Waals surface area contributed by atoms with E-state index in [1.165, 1.54) is 11.3 Å². The lowest BCUT2D eigenvalue weighted by Crippen LogP contribution is -2.37. The zero-order valence-electron chi connectivity index (χ0n) is 16.0. The molecule has 0 unspecified atom stereocenters. The van der Waals surface area contributed by atoms with Crippen molar-refractivity contribution in [2.45, 2.75) is 40.2 Å². The Morgan fingerprint density at radius 2 is 1.69 bits per heavy atom. The molecule has 1 fully saturated rings. The van der Waals surface area contributed by atoms with E-state index in [0.29, 0.717) is 32.2 Å². The number of carbonyl (C=O) groups is 2. The molecule has 0 spiro atoms. The molecule has 6 heteroatoms. The van der Waals surface area contributed by atoms with Gasteiger partial charge in [-0.05, 0) is 51.6 Å². The quantitative estimate of drug-likeness (QED) is 0.823. The lowest BCUT2D eigenvalue weighted by Gasteiger charge is -2.22. The summed E-state index contributed by atoms with van der Waals surface area (Å²) in [6.45, 7) is 10.9. The molecule has 1 aliphatic heterocycles. The summed E-state index contributed by atoms with van der Waals surface area (Å²) in [6, 6.07) is 6.09. The van der Waals surface area contributed by atoms with Gasteiger partial charge in [-0.1, -0.05) is 6.07 Å². The number of amides is 2. The number of carbonyl (C=O) groups excluding carboxylic acids is 2. The molecule has 1 aliphatic rings. The Bertz CT molecular complexity index is 792. The highest BCUT2D eigenvalue weighted by atomic mass is 32.1. The van der Waals surface area contributed by atoms with Crippen molar-refractivity contribution in [3.63, 3.8) is 0 Å². The van der Waals surface area contributed by atoms with Crippen LogP contribution in [0, 0.1) is 13.8 Å². The second-order valence-corrected chi connectivity index (χ2v) is 8.11. The molecule has 0 radical (unpaired) electrons. The zero-order chi connectivity index (χ0) is 18.8. The van der Waals surface area contributed by atoms with Crippen molar-refractivity contribution >= 4 is 23.2 Å². The van der Waals surface area contributed by atoms with E-state index < -0.39 is 0 Å². The molecule has 0 aromatic carbocycles. The van der Waals surface area contributed by atoms with E-state index in [1.807, 2.05) is 47.2 Å². The van der Waals surface area contributed by atoms with Gasteiger partial charge in [-0.3, -0.25) is 9.59 Å². The van der Waals surface area contributed by atoms with Crippen LogP contribution in [0.2, 0.25) is 0 Å². The van der Waals surface area contributed by atoms with Crippen molar-refractivity contribution in [2.75, 3.05) is 26.2 Å². The number of hydrogen-bond acceptors (Lipinski definition) is 3. The second-order valence-electron chi connectivity index (χ2n) is 7.16. The van der Waals surface area contributed by atoms with Crippen molar-refractivity contribution in [2.24, 2.45) is 0 Å². The minimum absolute atomic E-state index is 0.0762. The second kappa shape index (κ2) is 7.66. The van der Waals surface area contributed by atoms with Crippen molar-refractivity contribution in [1.82, 2.24) is 14.4 Å². The predicted octanol–water partition coefficient (Wildman–Crippen LogP) is 3.74. The summed E-state index contributed by atoms with van der Waals surface area (Å²) >= 11 is 1.47. The summed E-state index contributed by atoms with van der Waals surface area (Å²) in [7, 11) is 0. The first-order valence-corrected chi connectivity index (χ1v) is 10.1. The summed E-state index contributed by atoms with van der Waals surface area (Å²) in [4.78, 5) is 30.2. The van der Waals surface area contributed by atoms with Gasteiger partial charge in [0.05, 0.1) is 10.4 Å². The van der Waals surface area contributed by atoms with Crippen LogP contribution >= 0.6 is 11.3 Å².